The molecule has 2 rings (SSSR count). The Bertz CT molecular complexity index is 501. The summed E-state index contributed by atoms with van der Waals surface area (Å²) in [4.78, 5) is 24.8. The van der Waals surface area contributed by atoms with E-state index in [2.05, 4.69) is 5.32 Å². The van der Waals surface area contributed by atoms with Crippen LogP contribution in [0.1, 0.15) is 19.8 Å². The van der Waals surface area contributed by atoms with E-state index in [-0.39, 0.29) is 12.0 Å². The molecule has 1 atom stereocenters. The standard InChI is InChI=1S/C15H20N2O4/c1-3-4-14(18)16-9-13-10-17(15(19)21-13)11-5-7-12(20-2)8-6-11/h5-8,13H,3-4,9-10H2,1-2H3,(H,16,18). The molecule has 6 nitrogen and oxygen atoms in total. The Hall–Kier alpha value is -2.24. The van der Waals surface area contributed by atoms with E-state index in [1.165, 1.54) is 0 Å². The zero-order chi connectivity index (χ0) is 15.2. The lowest BCUT2D eigenvalue weighted by molar-refractivity contribution is -0.121. The maximum Gasteiger partial charge on any atom is 0.414 e. The predicted octanol–water partition coefficient (Wildman–Crippen LogP) is 1.94. The van der Waals surface area contributed by atoms with Gasteiger partial charge in [0.1, 0.15) is 11.9 Å². The van der Waals surface area contributed by atoms with Gasteiger partial charge < -0.3 is 14.8 Å². The van der Waals surface area contributed by atoms with Gasteiger partial charge in [0.15, 0.2) is 0 Å². The minimum Gasteiger partial charge on any atom is -0.497 e. The van der Waals surface area contributed by atoms with E-state index in [1.54, 1.807) is 36.3 Å². The fourth-order valence-corrected chi connectivity index (χ4v) is 2.14. The Morgan fingerprint density at radius 2 is 2.14 bits per heavy atom. The number of anilines is 1. The van der Waals surface area contributed by atoms with Crippen molar-refractivity contribution < 1.29 is 19.1 Å². The predicted molar refractivity (Wildman–Crippen MR) is 78.5 cm³/mol. The van der Waals surface area contributed by atoms with Crippen molar-refractivity contribution in [3.8, 4) is 5.75 Å². The van der Waals surface area contributed by atoms with Gasteiger partial charge in [-0.15, -0.1) is 0 Å². The third-order valence-corrected chi connectivity index (χ3v) is 3.26. The van der Waals surface area contributed by atoms with Crippen LogP contribution in [-0.4, -0.2) is 38.3 Å². The highest BCUT2D eigenvalue weighted by molar-refractivity contribution is 5.89. The summed E-state index contributed by atoms with van der Waals surface area (Å²) >= 11 is 0. The molecule has 1 unspecified atom stereocenters. The van der Waals surface area contributed by atoms with Crippen LogP contribution in [-0.2, 0) is 9.53 Å². The lowest BCUT2D eigenvalue weighted by Gasteiger charge is -2.13. The van der Waals surface area contributed by atoms with Crippen LogP contribution in [0.25, 0.3) is 0 Å². The van der Waals surface area contributed by atoms with Crippen molar-refractivity contribution in [1.82, 2.24) is 5.32 Å². The van der Waals surface area contributed by atoms with E-state index in [0.717, 1.165) is 17.9 Å². The van der Waals surface area contributed by atoms with Gasteiger partial charge in [-0.1, -0.05) is 6.92 Å². The first-order valence-electron chi connectivity index (χ1n) is 7.03. The van der Waals surface area contributed by atoms with E-state index in [4.69, 9.17) is 9.47 Å². The Kier molecular flexibility index (Phi) is 5.03. The summed E-state index contributed by atoms with van der Waals surface area (Å²) in [6.45, 7) is 2.72. The first kappa shape index (κ1) is 15.2. The van der Waals surface area contributed by atoms with Crippen molar-refractivity contribution in [2.45, 2.75) is 25.9 Å². The molecule has 2 amide bonds. The average molecular weight is 292 g/mol. The van der Waals surface area contributed by atoms with E-state index < -0.39 is 6.09 Å². The molecular weight excluding hydrogens is 272 g/mol. The van der Waals surface area contributed by atoms with Gasteiger partial charge in [-0.3, -0.25) is 9.69 Å². The molecule has 1 aliphatic rings. The maximum atomic E-state index is 11.9. The Balaban J connectivity index is 1.91. The van der Waals surface area contributed by atoms with Crippen molar-refractivity contribution in [2.24, 2.45) is 0 Å². The molecule has 1 aromatic carbocycles. The lowest BCUT2D eigenvalue weighted by atomic mass is 10.2. The normalized spacial score (nSPS) is 17.5. The van der Waals surface area contributed by atoms with Crippen LogP contribution in [0.2, 0.25) is 0 Å². The first-order chi connectivity index (χ1) is 10.1. The van der Waals surface area contributed by atoms with Crippen LogP contribution in [0.4, 0.5) is 10.5 Å². The van der Waals surface area contributed by atoms with Crippen LogP contribution in [0.3, 0.4) is 0 Å². The molecule has 6 heteroatoms. The summed E-state index contributed by atoms with van der Waals surface area (Å²) in [5.41, 5.74) is 0.753. The van der Waals surface area contributed by atoms with Crippen LogP contribution in [0, 0.1) is 0 Å². The number of nitrogens with one attached hydrogen (secondary N) is 1. The molecule has 1 N–H and O–H groups in total. The second-order valence-electron chi connectivity index (χ2n) is 4.87. The van der Waals surface area contributed by atoms with Gasteiger partial charge in [-0.2, -0.15) is 0 Å². The maximum absolute atomic E-state index is 11.9. The van der Waals surface area contributed by atoms with E-state index in [0.29, 0.717) is 19.5 Å². The monoisotopic (exact) mass is 292 g/mol. The molecule has 0 spiro atoms. The molecule has 114 valence electrons. The summed E-state index contributed by atoms with van der Waals surface area (Å²) < 4.78 is 10.3. The smallest absolute Gasteiger partial charge is 0.414 e. The number of amides is 2. The van der Waals surface area contributed by atoms with Crippen molar-refractivity contribution in [3.63, 3.8) is 0 Å². The van der Waals surface area contributed by atoms with Crippen molar-refractivity contribution in [1.29, 1.82) is 0 Å². The number of methoxy groups -OCH3 is 1. The van der Waals surface area contributed by atoms with Crippen molar-refractivity contribution in [3.05, 3.63) is 24.3 Å². The molecule has 0 aromatic heterocycles. The van der Waals surface area contributed by atoms with E-state index >= 15 is 0 Å². The van der Waals surface area contributed by atoms with Crippen LogP contribution in [0.15, 0.2) is 24.3 Å². The third-order valence-electron chi connectivity index (χ3n) is 3.26. The quantitative estimate of drug-likeness (QED) is 0.870. The minimum absolute atomic E-state index is 0.0172. The zero-order valence-corrected chi connectivity index (χ0v) is 12.3. The number of nitrogens with zero attached hydrogens (tertiary/aromatic N) is 1. The second-order valence-corrected chi connectivity index (χ2v) is 4.87. The van der Waals surface area contributed by atoms with Gasteiger partial charge in [-0.05, 0) is 30.7 Å². The van der Waals surface area contributed by atoms with Crippen molar-refractivity contribution >= 4 is 17.7 Å². The van der Waals surface area contributed by atoms with Crippen LogP contribution in [0.5, 0.6) is 5.75 Å². The molecule has 1 fully saturated rings. The molecule has 0 radical (unpaired) electrons. The number of carbonyl (C=O) groups is 2. The number of rotatable bonds is 6. The Morgan fingerprint density at radius 3 is 2.76 bits per heavy atom. The summed E-state index contributed by atoms with van der Waals surface area (Å²) in [6, 6.07) is 7.19. The average Bonchev–Trinajstić information content (AvgIpc) is 2.87. The summed E-state index contributed by atoms with van der Waals surface area (Å²) in [5.74, 6) is 0.714. The fourth-order valence-electron chi connectivity index (χ4n) is 2.14. The number of hydrogen-bond donors (Lipinski definition) is 1. The topological polar surface area (TPSA) is 67.9 Å². The van der Waals surface area contributed by atoms with Gasteiger partial charge in [0, 0.05) is 12.1 Å². The number of cyclic esters (lactones) is 1. The first-order valence-corrected chi connectivity index (χ1v) is 7.03. The molecular formula is C15H20N2O4. The summed E-state index contributed by atoms with van der Waals surface area (Å²) in [7, 11) is 1.59. The van der Waals surface area contributed by atoms with Gasteiger partial charge in [0.2, 0.25) is 5.91 Å². The molecule has 0 bridgehead atoms. The number of carbonyl (C=O) groups excluding carboxylic acids is 2. The van der Waals surface area contributed by atoms with Crippen LogP contribution >= 0.6 is 0 Å². The molecule has 21 heavy (non-hydrogen) atoms. The highest BCUT2D eigenvalue weighted by Crippen LogP contribution is 2.23. The van der Waals surface area contributed by atoms with Gasteiger partial charge >= 0.3 is 6.09 Å². The highest BCUT2D eigenvalue weighted by Gasteiger charge is 2.32. The van der Waals surface area contributed by atoms with E-state index in [1.807, 2.05) is 6.92 Å². The van der Waals surface area contributed by atoms with Gasteiger partial charge in [0.25, 0.3) is 0 Å². The van der Waals surface area contributed by atoms with Crippen molar-refractivity contribution in [2.75, 3.05) is 25.1 Å². The fraction of sp³-hybridized carbons (Fsp3) is 0.467. The zero-order valence-electron chi connectivity index (χ0n) is 12.3. The van der Waals surface area contributed by atoms with Gasteiger partial charge in [-0.25, -0.2) is 4.79 Å². The number of benzene rings is 1. The minimum atomic E-state index is -0.394. The number of ether oxygens (including phenoxy) is 2. The molecule has 1 saturated heterocycles. The molecule has 1 aliphatic heterocycles. The molecule has 0 saturated carbocycles. The third kappa shape index (κ3) is 3.87. The van der Waals surface area contributed by atoms with Crippen LogP contribution < -0.4 is 15.0 Å². The summed E-state index contributed by atoms with van der Waals surface area (Å²) in [5, 5.41) is 2.77. The largest absolute Gasteiger partial charge is 0.497 e. The SMILES string of the molecule is CCCC(=O)NCC1CN(c2ccc(OC)cc2)C(=O)O1. The lowest BCUT2D eigenvalue weighted by Crippen LogP contribution is -2.34. The Morgan fingerprint density at radius 1 is 1.43 bits per heavy atom. The molecule has 1 aromatic rings. The highest BCUT2D eigenvalue weighted by atomic mass is 16.6. The van der Waals surface area contributed by atoms with Gasteiger partial charge in [0.05, 0.1) is 20.2 Å². The van der Waals surface area contributed by atoms with E-state index in [9.17, 15) is 9.59 Å². The summed E-state index contributed by atoms with van der Waals surface area (Å²) in [6.07, 6.45) is 0.576. The molecule has 0 aliphatic carbocycles. The second kappa shape index (κ2) is 6.97. The number of hydrogen-bond acceptors (Lipinski definition) is 4. The molecule has 1 heterocycles. The Labute approximate surface area is 124 Å².